The lowest BCUT2D eigenvalue weighted by atomic mass is 10.0. The number of thioether (sulfide) groups is 1. The first-order chi connectivity index (χ1) is 18.9. The number of nitrogens with zero attached hydrogens (tertiary/aromatic N) is 3. The summed E-state index contributed by atoms with van der Waals surface area (Å²) in [4.78, 5) is 5.06. The second-order valence-electron chi connectivity index (χ2n) is 8.79. The minimum absolute atomic E-state index is 0.212. The summed E-state index contributed by atoms with van der Waals surface area (Å²) in [5.41, 5.74) is 9.95. The maximum absolute atomic E-state index is 14.9. The number of benzene rings is 3. The molecular weight excluding hydrogens is 546 g/mol. The Labute approximate surface area is 232 Å². The van der Waals surface area contributed by atoms with E-state index in [1.807, 2.05) is 36.7 Å². The van der Waals surface area contributed by atoms with Crippen molar-refractivity contribution in [1.29, 1.82) is 0 Å². The number of alkyl halides is 3. The summed E-state index contributed by atoms with van der Waals surface area (Å²) in [6.45, 7) is 3.25. The van der Waals surface area contributed by atoms with E-state index in [2.05, 4.69) is 9.72 Å². The Morgan fingerprint density at radius 3 is 2.35 bits per heavy atom. The van der Waals surface area contributed by atoms with Crippen molar-refractivity contribution in [3.63, 3.8) is 0 Å². The molecule has 40 heavy (non-hydrogen) atoms. The van der Waals surface area contributed by atoms with Crippen LogP contribution in [0.15, 0.2) is 71.9 Å². The van der Waals surface area contributed by atoms with Crippen LogP contribution in [0, 0.1) is 19.7 Å². The lowest BCUT2D eigenvalue weighted by molar-refractivity contribution is -0.274. The van der Waals surface area contributed by atoms with Crippen molar-refractivity contribution in [3.8, 4) is 22.6 Å². The van der Waals surface area contributed by atoms with E-state index in [-0.39, 0.29) is 17.0 Å². The fourth-order valence-corrected chi connectivity index (χ4v) is 5.00. The van der Waals surface area contributed by atoms with Crippen LogP contribution in [-0.4, -0.2) is 27.3 Å². The predicted octanol–water partition coefficient (Wildman–Crippen LogP) is 6.05. The molecule has 0 aliphatic heterocycles. The van der Waals surface area contributed by atoms with E-state index in [0.717, 1.165) is 17.8 Å². The summed E-state index contributed by atoms with van der Waals surface area (Å²) in [6, 6.07) is 13.6. The molecule has 0 fully saturated rings. The maximum Gasteiger partial charge on any atom is 0.573 e. The first kappa shape index (κ1) is 29.0. The van der Waals surface area contributed by atoms with E-state index in [0.29, 0.717) is 38.8 Å². The van der Waals surface area contributed by atoms with Crippen LogP contribution in [0.4, 0.5) is 23.2 Å². The van der Waals surface area contributed by atoms with Crippen LogP contribution in [0.5, 0.6) is 5.75 Å². The smallest absolute Gasteiger partial charge is 0.406 e. The molecule has 1 heterocycles. The van der Waals surface area contributed by atoms with Gasteiger partial charge in [-0.05, 0) is 79.8 Å². The molecule has 0 aliphatic rings. The number of hydrogen-bond acceptors (Lipinski definition) is 7. The van der Waals surface area contributed by atoms with Gasteiger partial charge in [-0.3, -0.25) is 5.01 Å². The zero-order chi connectivity index (χ0) is 29.2. The quantitative estimate of drug-likeness (QED) is 0.102. The Morgan fingerprint density at radius 1 is 1.10 bits per heavy atom. The molecule has 4 rings (SSSR count). The number of aromatic nitrogens is 2. The van der Waals surface area contributed by atoms with Crippen molar-refractivity contribution in [2.75, 3.05) is 11.3 Å². The van der Waals surface area contributed by atoms with Gasteiger partial charge in [0.05, 0.1) is 29.4 Å². The Morgan fingerprint density at radius 2 is 1.80 bits per heavy atom. The molecule has 0 radical (unpaired) electrons. The summed E-state index contributed by atoms with van der Waals surface area (Å²) in [6.07, 6.45) is 0.0401. The molecule has 0 unspecified atom stereocenters. The molecule has 0 amide bonds. The van der Waals surface area contributed by atoms with Gasteiger partial charge in [-0.15, -0.1) is 24.9 Å². The zero-order valence-corrected chi connectivity index (χ0v) is 22.6. The molecule has 0 saturated carbocycles. The third kappa shape index (κ3) is 6.09. The van der Waals surface area contributed by atoms with Crippen molar-refractivity contribution in [3.05, 3.63) is 95.5 Å². The Bertz CT molecular complexity index is 1550. The third-order valence-corrected chi connectivity index (χ3v) is 6.97. The molecule has 0 saturated heterocycles. The predicted molar refractivity (Wildman–Crippen MR) is 148 cm³/mol. The first-order valence-electron chi connectivity index (χ1n) is 11.9. The molecule has 1 aromatic heterocycles. The van der Waals surface area contributed by atoms with Gasteiger partial charge in [-0.2, -0.15) is 0 Å². The standard InChI is InChI=1S/C28H27F4N5O2S/c1-16-14-36(17(2)35-16)24-9-6-19(20-10-23(29)22(15-38)27(12-20)40-3)11-25(24)37(34)26(13-33)18-4-7-21(8-5-18)39-28(30,31)32/h4-14,38H,15,33-34H2,1-3H3/b26-13-. The van der Waals surface area contributed by atoms with Crippen molar-refractivity contribution >= 4 is 23.1 Å². The van der Waals surface area contributed by atoms with Crippen LogP contribution >= 0.6 is 11.8 Å². The summed E-state index contributed by atoms with van der Waals surface area (Å²) in [7, 11) is 0. The van der Waals surface area contributed by atoms with Gasteiger partial charge < -0.3 is 20.1 Å². The van der Waals surface area contributed by atoms with Gasteiger partial charge in [0, 0.05) is 28.4 Å². The van der Waals surface area contributed by atoms with Crippen LogP contribution < -0.4 is 21.3 Å². The molecule has 12 heteroatoms. The average Bonchev–Trinajstić information content (AvgIpc) is 3.25. The highest BCUT2D eigenvalue weighted by Gasteiger charge is 2.31. The van der Waals surface area contributed by atoms with E-state index in [4.69, 9.17) is 11.6 Å². The SMILES string of the molecule is CSc1cc(-c2ccc(-n3cc(C)nc3C)c(N(N)/C(=C\N)c3ccc(OC(F)(F)F)cc3)c2)cc(F)c1CO. The number of anilines is 1. The number of nitrogens with two attached hydrogens (primary N) is 2. The number of aliphatic hydroxyl groups excluding tert-OH is 1. The fourth-order valence-electron chi connectivity index (χ4n) is 4.35. The lowest BCUT2D eigenvalue weighted by Crippen LogP contribution is -2.31. The van der Waals surface area contributed by atoms with E-state index < -0.39 is 18.8 Å². The monoisotopic (exact) mass is 573 g/mol. The summed E-state index contributed by atoms with van der Waals surface area (Å²) < 4.78 is 58.5. The van der Waals surface area contributed by atoms with E-state index in [1.165, 1.54) is 41.2 Å². The summed E-state index contributed by atoms with van der Waals surface area (Å²) in [5, 5.41) is 10.9. The highest BCUT2D eigenvalue weighted by Crippen LogP contribution is 2.37. The minimum Gasteiger partial charge on any atom is -0.406 e. The number of aliphatic hydroxyl groups is 1. The first-order valence-corrected chi connectivity index (χ1v) is 13.2. The number of hydrazine groups is 1. The summed E-state index contributed by atoms with van der Waals surface area (Å²) in [5.74, 6) is 6.39. The normalized spacial score (nSPS) is 12.1. The number of imidazole rings is 1. The molecule has 0 aliphatic carbocycles. The van der Waals surface area contributed by atoms with E-state index in [1.54, 1.807) is 18.4 Å². The van der Waals surface area contributed by atoms with Crippen LogP contribution in [0.2, 0.25) is 0 Å². The van der Waals surface area contributed by atoms with Crippen LogP contribution in [0.1, 0.15) is 22.6 Å². The Kier molecular flexibility index (Phi) is 8.43. The number of aryl methyl sites for hydroxylation is 2. The van der Waals surface area contributed by atoms with Gasteiger partial charge in [0.15, 0.2) is 0 Å². The van der Waals surface area contributed by atoms with Crippen molar-refractivity contribution in [2.24, 2.45) is 11.6 Å². The second kappa shape index (κ2) is 11.6. The van der Waals surface area contributed by atoms with Crippen molar-refractivity contribution in [2.45, 2.75) is 31.7 Å². The van der Waals surface area contributed by atoms with Gasteiger partial charge in [0.25, 0.3) is 0 Å². The van der Waals surface area contributed by atoms with Crippen molar-refractivity contribution in [1.82, 2.24) is 9.55 Å². The number of halogens is 4. The zero-order valence-electron chi connectivity index (χ0n) is 21.8. The molecule has 0 bridgehead atoms. The molecule has 4 aromatic rings. The number of ether oxygens (including phenoxy) is 1. The van der Waals surface area contributed by atoms with Gasteiger partial charge in [-0.1, -0.05) is 6.07 Å². The molecule has 3 aromatic carbocycles. The Hall–Kier alpha value is -4.00. The van der Waals surface area contributed by atoms with Gasteiger partial charge in [0.1, 0.15) is 17.4 Å². The van der Waals surface area contributed by atoms with E-state index >= 15 is 0 Å². The highest BCUT2D eigenvalue weighted by atomic mass is 32.2. The molecule has 7 nitrogen and oxygen atoms in total. The molecule has 210 valence electrons. The van der Waals surface area contributed by atoms with Gasteiger partial charge in [0.2, 0.25) is 0 Å². The van der Waals surface area contributed by atoms with Gasteiger partial charge >= 0.3 is 6.36 Å². The minimum atomic E-state index is -4.82. The topological polar surface area (TPSA) is 103 Å². The van der Waals surface area contributed by atoms with E-state index in [9.17, 15) is 22.7 Å². The Balaban J connectivity index is 1.84. The highest BCUT2D eigenvalue weighted by molar-refractivity contribution is 7.98. The fraction of sp³-hybridized carbons (Fsp3) is 0.179. The molecule has 5 N–H and O–H groups in total. The maximum atomic E-state index is 14.9. The number of hydrogen-bond donors (Lipinski definition) is 3. The average molecular weight is 574 g/mol. The van der Waals surface area contributed by atoms with Crippen LogP contribution in [0.25, 0.3) is 22.5 Å². The molecule has 0 spiro atoms. The summed E-state index contributed by atoms with van der Waals surface area (Å²) >= 11 is 1.31. The largest absolute Gasteiger partial charge is 0.573 e. The van der Waals surface area contributed by atoms with Crippen LogP contribution in [0.3, 0.4) is 0 Å². The van der Waals surface area contributed by atoms with Crippen LogP contribution in [-0.2, 0) is 6.61 Å². The lowest BCUT2D eigenvalue weighted by Gasteiger charge is -2.26. The van der Waals surface area contributed by atoms with Crippen molar-refractivity contribution < 1.29 is 27.4 Å². The third-order valence-electron chi connectivity index (χ3n) is 6.16. The van der Waals surface area contributed by atoms with Gasteiger partial charge in [-0.25, -0.2) is 15.2 Å². The molecule has 0 atom stereocenters. The second-order valence-corrected chi connectivity index (χ2v) is 9.64. The number of rotatable bonds is 8. The molecular formula is C28H27F4N5O2S.